The van der Waals surface area contributed by atoms with Crippen LogP contribution in [-0.2, 0) is 22.5 Å². The summed E-state index contributed by atoms with van der Waals surface area (Å²) in [5.74, 6) is 2.49. The van der Waals surface area contributed by atoms with Gasteiger partial charge in [-0.05, 0) is 97.9 Å². The number of tetrazole rings is 1. The summed E-state index contributed by atoms with van der Waals surface area (Å²) in [7, 11) is 1.37. The Hall–Kier alpha value is -7.79. The van der Waals surface area contributed by atoms with Gasteiger partial charge < -0.3 is 35.6 Å². The van der Waals surface area contributed by atoms with E-state index in [0.29, 0.717) is 53.2 Å². The number of benzene rings is 4. The summed E-state index contributed by atoms with van der Waals surface area (Å²) in [5.41, 5.74) is 8.30. The van der Waals surface area contributed by atoms with Crippen LogP contribution in [0.1, 0.15) is 66.3 Å². The summed E-state index contributed by atoms with van der Waals surface area (Å²) < 4.78 is 4.98. The standard InChI is InChI=1S/C48H48N14O3/c1-4-62-59-43(58-60-62)31-14-16-36-38(23-31)54-45-41(36)44(50-27-51-45)49-18-8-20-61-19-7-11-33(26-61)30-10-5-9-29(21-30)22-40-56-46(53-35-13-6-12-34(25-35)52-28(2)63)42-37-17-15-32(48(64)65-3)24-39(37)55-47(42)57-40/h5-6,9-10,12-17,21,23-25,27,33H,4,7-8,11,18-20,22,26H2,1-3H3,(H,52,63)(H2,49,50,51,54)(H2,53,55,56,57). The van der Waals surface area contributed by atoms with Gasteiger partial charge in [0, 0.05) is 65.2 Å². The maximum atomic E-state index is 12.4. The van der Waals surface area contributed by atoms with E-state index in [1.807, 2.05) is 49.4 Å². The highest BCUT2D eigenvalue weighted by molar-refractivity contribution is 6.13. The molecule has 0 aliphatic carbocycles. The van der Waals surface area contributed by atoms with Gasteiger partial charge in [-0.3, -0.25) is 4.79 Å². The second-order valence-electron chi connectivity index (χ2n) is 16.5. The number of hydrogen-bond donors (Lipinski definition) is 5. The van der Waals surface area contributed by atoms with Crippen molar-refractivity contribution >= 4 is 78.8 Å². The van der Waals surface area contributed by atoms with Gasteiger partial charge >= 0.3 is 5.97 Å². The summed E-state index contributed by atoms with van der Waals surface area (Å²) in [6.07, 6.45) is 5.34. The predicted octanol–water partition coefficient (Wildman–Crippen LogP) is 7.97. The van der Waals surface area contributed by atoms with E-state index in [1.54, 1.807) is 23.3 Å². The lowest BCUT2D eigenvalue weighted by atomic mass is 9.89. The van der Waals surface area contributed by atoms with Gasteiger partial charge in [0.2, 0.25) is 11.7 Å². The van der Waals surface area contributed by atoms with Crippen LogP contribution in [0.25, 0.3) is 55.3 Å². The van der Waals surface area contributed by atoms with Crippen LogP contribution in [0.4, 0.5) is 23.0 Å². The topological polar surface area (TPSA) is 209 Å². The molecule has 17 heteroatoms. The van der Waals surface area contributed by atoms with Crippen molar-refractivity contribution in [2.45, 2.75) is 52.0 Å². The van der Waals surface area contributed by atoms with Crippen molar-refractivity contribution in [1.82, 2.24) is 55.0 Å². The number of piperidine rings is 1. The van der Waals surface area contributed by atoms with Crippen LogP contribution < -0.4 is 16.0 Å². The van der Waals surface area contributed by atoms with E-state index in [2.05, 4.69) is 86.5 Å². The molecule has 1 fully saturated rings. The van der Waals surface area contributed by atoms with Crippen LogP contribution in [0, 0.1) is 0 Å². The SMILES string of the molecule is CCn1nnc(-c2ccc3c(c2)[nH]c2ncnc(NCCCN4CCCC(c5cccc(Cc6nc(Nc7cccc(NC(C)=O)c7)c7c(n6)[nH]c6cc(C(=O)OC)ccc67)c5)C4)c23)n1. The quantitative estimate of drug-likeness (QED) is 0.0520. The van der Waals surface area contributed by atoms with E-state index in [-0.39, 0.29) is 5.91 Å². The van der Waals surface area contributed by atoms with Crippen molar-refractivity contribution in [2.24, 2.45) is 0 Å². The molecule has 0 saturated carbocycles. The minimum absolute atomic E-state index is 0.154. The number of ether oxygens (including phenoxy) is 1. The van der Waals surface area contributed by atoms with Crippen LogP contribution in [0.3, 0.4) is 0 Å². The number of anilines is 4. The van der Waals surface area contributed by atoms with E-state index in [1.165, 1.54) is 19.6 Å². The molecule has 1 unspecified atom stereocenters. The number of aromatic amines is 2. The molecule has 10 rings (SSSR count). The van der Waals surface area contributed by atoms with E-state index >= 15 is 0 Å². The van der Waals surface area contributed by atoms with Gasteiger partial charge in [-0.25, -0.2) is 24.7 Å². The van der Waals surface area contributed by atoms with Gasteiger partial charge in [0.05, 0.1) is 30.0 Å². The molecular weight excluding hydrogens is 821 g/mol. The van der Waals surface area contributed by atoms with E-state index in [9.17, 15) is 9.59 Å². The number of nitrogens with zero attached hydrogens (tertiary/aromatic N) is 9. The number of H-pyrrole nitrogens is 2. The molecular formula is C48H48N14O3. The third kappa shape index (κ3) is 8.65. The lowest BCUT2D eigenvalue weighted by Crippen LogP contribution is -2.35. The van der Waals surface area contributed by atoms with Crippen molar-refractivity contribution in [3.05, 3.63) is 114 Å². The number of likely N-dealkylation sites (tertiary alicyclic amines) is 1. The van der Waals surface area contributed by atoms with Crippen molar-refractivity contribution in [1.29, 1.82) is 0 Å². The van der Waals surface area contributed by atoms with Crippen LogP contribution in [0.5, 0.6) is 0 Å². The second-order valence-corrected chi connectivity index (χ2v) is 16.5. The Labute approximate surface area is 373 Å². The number of carbonyl (C=O) groups is 2. The average Bonchev–Trinajstić information content (AvgIpc) is 4.06. The fourth-order valence-corrected chi connectivity index (χ4v) is 8.95. The van der Waals surface area contributed by atoms with E-state index < -0.39 is 5.97 Å². The molecule has 0 bridgehead atoms. The van der Waals surface area contributed by atoms with Crippen LogP contribution in [0.2, 0.25) is 0 Å². The van der Waals surface area contributed by atoms with Gasteiger partial charge in [0.1, 0.15) is 35.1 Å². The number of aryl methyl sites for hydroxylation is 1. The highest BCUT2D eigenvalue weighted by atomic mass is 16.5. The molecule has 5 N–H and O–H groups in total. The third-order valence-electron chi connectivity index (χ3n) is 12.0. The molecule has 1 amide bonds. The predicted molar refractivity (Wildman–Crippen MR) is 251 cm³/mol. The Morgan fingerprint density at radius 2 is 1.69 bits per heavy atom. The Morgan fingerprint density at radius 3 is 2.54 bits per heavy atom. The number of esters is 1. The lowest BCUT2D eigenvalue weighted by Gasteiger charge is -2.33. The summed E-state index contributed by atoms with van der Waals surface area (Å²) in [5, 5.41) is 26.4. The monoisotopic (exact) mass is 868 g/mol. The molecule has 9 aromatic rings. The first-order valence-corrected chi connectivity index (χ1v) is 21.9. The molecule has 1 saturated heterocycles. The summed E-state index contributed by atoms with van der Waals surface area (Å²) in [6, 6.07) is 27.8. The van der Waals surface area contributed by atoms with Crippen molar-refractivity contribution < 1.29 is 14.3 Å². The zero-order valence-electron chi connectivity index (χ0n) is 36.4. The number of amides is 1. The smallest absolute Gasteiger partial charge is 0.337 e. The minimum Gasteiger partial charge on any atom is -0.465 e. The summed E-state index contributed by atoms with van der Waals surface area (Å²) in [4.78, 5) is 54.5. The van der Waals surface area contributed by atoms with Crippen LogP contribution in [-0.4, -0.2) is 100 Å². The maximum Gasteiger partial charge on any atom is 0.337 e. The highest BCUT2D eigenvalue weighted by Gasteiger charge is 2.23. The minimum atomic E-state index is -0.418. The van der Waals surface area contributed by atoms with E-state index in [4.69, 9.17) is 14.7 Å². The molecule has 1 aliphatic rings. The molecule has 65 heavy (non-hydrogen) atoms. The van der Waals surface area contributed by atoms with Crippen LogP contribution in [0.15, 0.2) is 91.3 Å². The molecule has 6 heterocycles. The van der Waals surface area contributed by atoms with Crippen molar-refractivity contribution in [3.63, 3.8) is 0 Å². The van der Waals surface area contributed by atoms with E-state index in [0.717, 1.165) is 106 Å². The zero-order chi connectivity index (χ0) is 44.4. The van der Waals surface area contributed by atoms with Gasteiger partial charge in [-0.15, -0.1) is 10.2 Å². The van der Waals surface area contributed by atoms with Crippen molar-refractivity contribution in [2.75, 3.05) is 49.2 Å². The highest BCUT2D eigenvalue weighted by Crippen LogP contribution is 2.35. The largest absolute Gasteiger partial charge is 0.465 e. The molecule has 328 valence electrons. The summed E-state index contributed by atoms with van der Waals surface area (Å²) in [6.45, 7) is 7.94. The fraction of sp³-hybridized carbons (Fsp3) is 0.271. The first-order valence-electron chi connectivity index (χ1n) is 21.9. The van der Waals surface area contributed by atoms with Gasteiger partial charge in [0.25, 0.3) is 0 Å². The Kier molecular flexibility index (Phi) is 11.3. The second kappa shape index (κ2) is 17.8. The van der Waals surface area contributed by atoms with Gasteiger partial charge in [-0.1, -0.05) is 48.5 Å². The number of hydrogen-bond acceptors (Lipinski definition) is 13. The number of fused-ring (bicyclic) bond motifs is 6. The first kappa shape index (κ1) is 41.2. The number of carbonyl (C=O) groups excluding carboxylic acids is 2. The normalized spacial score (nSPS) is 14.4. The number of nitrogens with one attached hydrogen (secondary N) is 5. The average molecular weight is 869 g/mol. The van der Waals surface area contributed by atoms with Crippen LogP contribution >= 0.6 is 0 Å². The molecule has 17 nitrogen and oxygen atoms in total. The maximum absolute atomic E-state index is 12.4. The lowest BCUT2D eigenvalue weighted by molar-refractivity contribution is -0.114. The van der Waals surface area contributed by atoms with Gasteiger partial charge in [0.15, 0.2) is 0 Å². The molecule has 1 atom stereocenters. The number of aromatic nitrogens is 10. The number of rotatable bonds is 14. The Bertz CT molecular complexity index is 3230. The summed E-state index contributed by atoms with van der Waals surface area (Å²) >= 11 is 0. The first-order chi connectivity index (χ1) is 31.8. The fourth-order valence-electron chi connectivity index (χ4n) is 8.95. The molecule has 0 radical (unpaired) electrons. The zero-order valence-corrected chi connectivity index (χ0v) is 36.4. The number of methoxy groups -OCH3 is 1. The Balaban J connectivity index is 0.825. The van der Waals surface area contributed by atoms with Crippen molar-refractivity contribution in [3.8, 4) is 11.4 Å². The molecule has 0 spiro atoms. The third-order valence-corrected chi connectivity index (χ3v) is 12.0. The Morgan fingerprint density at radius 1 is 0.877 bits per heavy atom. The van der Waals surface area contributed by atoms with Gasteiger partial charge in [-0.2, -0.15) is 4.80 Å². The molecule has 1 aliphatic heterocycles. The molecule has 5 aromatic heterocycles. The molecule has 4 aromatic carbocycles.